The SMILES string of the molecule is COc1cccc(OC)c1CN1CCC2(CCC(CNC(=O)c3ccccc3)O2)CC1. The summed E-state index contributed by atoms with van der Waals surface area (Å²) >= 11 is 0. The minimum absolute atomic E-state index is 0.0364. The average Bonchev–Trinajstić information content (AvgIpc) is 3.22. The van der Waals surface area contributed by atoms with Crippen molar-refractivity contribution in [1.29, 1.82) is 0 Å². The fourth-order valence-electron chi connectivity index (χ4n) is 4.73. The molecule has 0 radical (unpaired) electrons. The lowest BCUT2D eigenvalue weighted by molar-refractivity contribution is -0.0765. The Balaban J connectivity index is 1.28. The molecule has 6 nitrogen and oxygen atoms in total. The summed E-state index contributed by atoms with van der Waals surface area (Å²) in [6.45, 7) is 3.33. The van der Waals surface area contributed by atoms with Crippen molar-refractivity contribution in [1.82, 2.24) is 10.2 Å². The van der Waals surface area contributed by atoms with Gasteiger partial charge in [-0.25, -0.2) is 0 Å². The zero-order valence-electron chi connectivity index (χ0n) is 18.4. The van der Waals surface area contributed by atoms with Crippen LogP contribution in [0.1, 0.15) is 41.6 Å². The Morgan fingerprint density at radius 1 is 1.03 bits per heavy atom. The van der Waals surface area contributed by atoms with Crippen molar-refractivity contribution < 1.29 is 19.0 Å². The molecule has 2 saturated heterocycles. The monoisotopic (exact) mass is 424 g/mol. The molecule has 1 amide bonds. The zero-order valence-corrected chi connectivity index (χ0v) is 18.4. The van der Waals surface area contributed by atoms with Gasteiger partial charge in [-0.2, -0.15) is 0 Å². The number of hydrogen-bond donors (Lipinski definition) is 1. The summed E-state index contributed by atoms with van der Waals surface area (Å²) in [5.41, 5.74) is 1.73. The molecule has 2 fully saturated rings. The van der Waals surface area contributed by atoms with E-state index in [1.807, 2.05) is 48.5 Å². The third kappa shape index (κ3) is 5.02. The smallest absolute Gasteiger partial charge is 0.251 e. The summed E-state index contributed by atoms with van der Waals surface area (Å²) in [5.74, 6) is 1.70. The standard InChI is InChI=1S/C25H32N2O4/c1-29-22-9-6-10-23(30-2)21(22)18-27-15-13-25(14-16-27)12-11-20(31-25)17-26-24(28)19-7-4-3-5-8-19/h3-10,20H,11-18H2,1-2H3,(H,26,28). The molecule has 166 valence electrons. The second-order valence-corrected chi connectivity index (χ2v) is 8.45. The van der Waals surface area contributed by atoms with Crippen molar-refractivity contribution in [2.24, 2.45) is 0 Å². The van der Waals surface area contributed by atoms with Crippen LogP contribution in [-0.2, 0) is 11.3 Å². The highest BCUT2D eigenvalue weighted by atomic mass is 16.5. The lowest BCUT2D eigenvalue weighted by atomic mass is 9.88. The van der Waals surface area contributed by atoms with E-state index >= 15 is 0 Å². The quantitative estimate of drug-likeness (QED) is 0.735. The Hall–Kier alpha value is -2.57. The Labute approximate surface area is 184 Å². The molecular weight excluding hydrogens is 392 g/mol. The van der Waals surface area contributed by atoms with E-state index in [9.17, 15) is 4.79 Å². The number of amides is 1. The van der Waals surface area contributed by atoms with Crippen molar-refractivity contribution in [3.63, 3.8) is 0 Å². The maximum atomic E-state index is 12.3. The van der Waals surface area contributed by atoms with Crippen LogP contribution in [0.2, 0.25) is 0 Å². The van der Waals surface area contributed by atoms with Crippen molar-refractivity contribution in [3.8, 4) is 11.5 Å². The summed E-state index contributed by atoms with van der Waals surface area (Å²) in [7, 11) is 3.40. The van der Waals surface area contributed by atoms with E-state index in [0.717, 1.165) is 62.4 Å². The second-order valence-electron chi connectivity index (χ2n) is 8.45. The van der Waals surface area contributed by atoms with Crippen LogP contribution in [-0.4, -0.2) is 56.4 Å². The number of benzene rings is 2. The number of ether oxygens (including phenoxy) is 3. The average molecular weight is 425 g/mol. The van der Waals surface area contributed by atoms with Gasteiger partial charge in [-0.05, 0) is 49.9 Å². The molecule has 31 heavy (non-hydrogen) atoms. The minimum Gasteiger partial charge on any atom is -0.496 e. The molecule has 2 aliphatic heterocycles. The summed E-state index contributed by atoms with van der Waals surface area (Å²) in [6.07, 6.45) is 4.16. The van der Waals surface area contributed by atoms with Gasteiger partial charge in [-0.1, -0.05) is 24.3 Å². The lowest BCUT2D eigenvalue weighted by Crippen LogP contribution is -2.45. The third-order valence-electron chi connectivity index (χ3n) is 6.54. The molecule has 0 aromatic heterocycles. The predicted molar refractivity (Wildman–Crippen MR) is 120 cm³/mol. The number of carbonyl (C=O) groups is 1. The summed E-state index contributed by atoms with van der Waals surface area (Å²) < 4.78 is 17.6. The van der Waals surface area contributed by atoms with E-state index in [0.29, 0.717) is 12.1 Å². The molecule has 0 bridgehead atoms. The van der Waals surface area contributed by atoms with Crippen LogP contribution < -0.4 is 14.8 Å². The number of nitrogens with zero attached hydrogens (tertiary/aromatic N) is 1. The Kier molecular flexibility index (Phi) is 6.78. The normalized spacial score (nSPS) is 20.5. The molecule has 2 aliphatic rings. The fourth-order valence-corrected chi connectivity index (χ4v) is 4.73. The van der Waals surface area contributed by atoms with E-state index in [1.54, 1.807) is 14.2 Å². The number of piperidine rings is 1. The van der Waals surface area contributed by atoms with Crippen molar-refractivity contribution in [3.05, 3.63) is 59.7 Å². The number of rotatable bonds is 7. The molecule has 0 aliphatic carbocycles. The van der Waals surface area contributed by atoms with Gasteiger partial charge in [0.2, 0.25) is 0 Å². The third-order valence-corrected chi connectivity index (χ3v) is 6.54. The molecule has 2 aromatic rings. The predicted octanol–water partition coefficient (Wildman–Crippen LogP) is 3.65. The van der Waals surface area contributed by atoms with Crippen molar-refractivity contribution >= 4 is 5.91 Å². The van der Waals surface area contributed by atoms with Crippen molar-refractivity contribution in [2.75, 3.05) is 33.9 Å². The van der Waals surface area contributed by atoms with Gasteiger partial charge in [-0.15, -0.1) is 0 Å². The first-order valence-electron chi connectivity index (χ1n) is 11.1. The van der Waals surface area contributed by atoms with Crippen LogP contribution >= 0.6 is 0 Å². The Bertz CT molecular complexity index is 856. The molecule has 4 rings (SSSR count). The minimum atomic E-state index is -0.0521. The first-order valence-corrected chi connectivity index (χ1v) is 11.1. The maximum Gasteiger partial charge on any atom is 0.251 e. The number of nitrogens with one attached hydrogen (secondary N) is 1. The number of carbonyl (C=O) groups excluding carboxylic acids is 1. The van der Waals surface area contributed by atoms with Crippen LogP contribution in [0.3, 0.4) is 0 Å². The van der Waals surface area contributed by atoms with E-state index in [1.165, 1.54) is 0 Å². The largest absolute Gasteiger partial charge is 0.496 e. The molecule has 2 aromatic carbocycles. The molecule has 1 spiro atoms. The summed E-state index contributed by atoms with van der Waals surface area (Å²) in [6, 6.07) is 15.3. The Morgan fingerprint density at radius 2 is 1.71 bits per heavy atom. The summed E-state index contributed by atoms with van der Waals surface area (Å²) in [5, 5.41) is 3.03. The van der Waals surface area contributed by atoms with Gasteiger partial charge >= 0.3 is 0 Å². The van der Waals surface area contributed by atoms with Crippen LogP contribution in [0.4, 0.5) is 0 Å². The van der Waals surface area contributed by atoms with E-state index in [4.69, 9.17) is 14.2 Å². The van der Waals surface area contributed by atoms with Gasteiger partial charge in [0.05, 0.1) is 31.5 Å². The molecule has 2 heterocycles. The van der Waals surface area contributed by atoms with Gasteiger partial charge in [0.15, 0.2) is 0 Å². The van der Waals surface area contributed by atoms with Gasteiger partial charge in [0, 0.05) is 31.7 Å². The zero-order chi connectivity index (χ0) is 21.7. The Morgan fingerprint density at radius 3 is 2.35 bits per heavy atom. The van der Waals surface area contributed by atoms with Gasteiger partial charge in [0.25, 0.3) is 5.91 Å². The number of methoxy groups -OCH3 is 2. The van der Waals surface area contributed by atoms with E-state index < -0.39 is 0 Å². The number of likely N-dealkylation sites (tertiary alicyclic amines) is 1. The molecule has 6 heteroatoms. The highest BCUT2D eigenvalue weighted by Crippen LogP contribution is 2.40. The molecule has 0 saturated carbocycles. The second kappa shape index (κ2) is 9.71. The van der Waals surface area contributed by atoms with Crippen LogP contribution in [0.15, 0.2) is 48.5 Å². The highest BCUT2D eigenvalue weighted by molar-refractivity contribution is 5.94. The van der Waals surface area contributed by atoms with Gasteiger partial charge in [0.1, 0.15) is 11.5 Å². The van der Waals surface area contributed by atoms with Crippen LogP contribution in [0.25, 0.3) is 0 Å². The highest BCUT2D eigenvalue weighted by Gasteiger charge is 2.42. The maximum absolute atomic E-state index is 12.3. The van der Waals surface area contributed by atoms with E-state index in [2.05, 4.69) is 10.2 Å². The lowest BCUT2D eigenvalue weighted by Gasteiger charge is -2.39. The molecule has 1 N–H and O–H groups in total. The topological polar surface area (TPSA) is 60.0 Å². The fraction of sp³-hybridized carbons (Fsp3) is 0.480. The van der Waals surface area contributed by atoms with Gasteiger partial charge < -0.3 is 19.5 Å². The molecule has 1 unspecified atom stereocenters. The summed E-state index contributed by atoms with van der Waals surface area (Å²) in [4.78, 5) is 14.7. The first kappa shape index (κ1) is 21.7. The molecule has 1 atom stereocenters. The first-order chi connectivity index (χ1) is 15.1. The van der Waals surface area contributed by atoms with Crippen molar-refractivity contribution in [2.45, 2.75) is 43.9 Å². The number of hydrogen-bond acceptors (Lipinski definition) is 5. The van der Waals surface area contributed by atoms with E-state index in [-0.39, 0.29) is 17.6 Å². The van der Waals surface area contributed by atoms with Crippen LogP contribution in [0.5, 0.6) is 11.5 Å². The van der Waals surface area contributed by atoms with Crippen LogP contribution in [0, 0.1) is 0 Å². The van der Waals surface area contributed by atoms with Gasteiger partial charge in [-0.3, -0.25) is 9.69 Å². The molecular formula is C25H32N2O4.